The second kappa shape index (κ2) is 7.88. The molecule has 1 aliphatic rings. The summed E-state index contributed by atoms with van der Waals surface area (Å²) in [6, 6.07) is 0. The van der Waals surface area contributed by atoms with Gasteiger partial charge in [-0.2, -0.15) is 0 Å². The molecule has 18 heavy (non-hydrogen) atoms. The predicted octanol–water partition coefficient (Wildman–Crippen LogP) is 6.10. The van der Waals surface area contributed by atoms with E-state index in [1.165, 1.54) is 59.7 Å². The molecule has 0 heterocycles. The summed E-state index contributed by atoms with van der Waals surface area (Å²) < 4.78 is 0. The van der Waals surface area contributed by atoms with Crippen molar-refractivity contribution in [2.24, 2.45) is 17.3 Å². The highest BCUT2D eigenvalue weighted by atomic mass is 31.1. The summed E-state index contributed by atoms with van der Waals surface area (Å²) in [5.74, 6) is 1.92. The van der Waals surface area contributed by atoms with Crippen LogP contribution in [0, 0.1) is 17.3 Å². The van der Waals surface area contributed by atoms with E-state index in [2.05, 4.69) is 34.6 Å². The van der Waals surface area contributed by atoms with E-state index in [1.54, 1.807) is 0 Å². The zero-order valence-electron chi connectivity index (χ0n) is 13.4. The quantitative estimate of drug-likeness (QED) is 0.404. The molecule has 0 aromatic rings. The van der Waals surface area contributed by atoms with Gasteiger partial charge >= 0.3 is 0 Å². The molecule has 4 unspecified atom stereocenters. The van der Waals surface area contributed by atoms with Crippen LogP contribution in [0.3, 0.4) is 0 Å². The fourth-order valence-electron chi connectivity index (χ4n) is 4.50. The SMILES string of the molecule is CCCC1(CCC)CC(C)CC(C)C(PCC)C1. The molecule has 0 bridgehead atoms. The van der Waals surface area contributed by atoms with Gasteiger partial charge in [0.15, 0.2) is 0 Å². The molecule has 0 saturated heterocycles. The first-order valence-corrected chi connectivity index (χ1v) is 9.58. The van der Waals surface area contributed by atoms with Gasteiger partial charge in [-0.3, -0.25) is 0 Å². The van der Waals surface area contributed by atoms with Crippen LogP contribution in [0.4, 0.5) is 0 Å². The van der Waals surface area contributed by atoms with Crippen molar-refractivity contribution in [3.63, 3.8) is 0 Å². The topological polar surface area (TPSA) is 0 Å². The van der Waals surface area contributed by atoms with Crippen LogP contribution in [-0.2, 0) is 0 Å². The first kappa shape index (κ1) is 16.5. The smallest absolute Gasteiger partial charge is 0.0206 e. The van der Waals surface area contributed by atoms with Gasteiger partial charge in [0.1, 0.15) is 0 Å². The zero-order chi connectivity index (χ0) is 13.6. The van der Waals surface area contributed by atoms with Crippen LogP contribution in [0.25, 0.3) is 0 Å². The van der Waals surface area contributed by atoms with Crippen LogP contribution in [0.15, 0.2) is 0 Å². The number of hydrogen-bond donors (Lipinski definition) is 0. The first-order valence-electron chi connectivity index (χ1n) is 8.30. The predicted molar refractivity (Wildman–Crippen MR) is 87.1 cm³/mol. The summed E-state index contributed by atoms with van der Waals surface area (Å²) in [5.41, 5.74) is 1.72. The van der Waals surface area contributed by atoms with E-state index in [4.69, 9.17) is 0 Å². The van der Waals surface area contributed by atoms with Gasteiger partial charge in [0.05, 0.1) is 0 Å². The maximum Gasteiger partial charge on any atom is -0.0206 e. The van der Waals surface area contributed by atoms with E-state index >= 15 is 0 Å². The van der Waals surface area contributed by atoms with Gasteiger partial charge in [0, 0.05) is 0 Å². The Hall–Kier alpha value is 0.430. The minimum atomic E-state index is 0.695. The molecule has 0 aromatic carbocycles. The highest BCUT2D eigenvalue weighted by Gasteiger charge is 2.37. The maximum absolute atomic E-state index is 2.53. The zero-order valence-corrected chi connectivity index (χ0v) is 14.4. The van der Waals surface area contributed by atoms with Gasteiger partial charge in [0.2, 0.25) is 0 Å². The van der Waals surface area contributed by atoms with Crippen molar-refractivity contribution in [1.29, 1.82) is 0 Å². The van der Waals surface area contributed by atoms with Crippen LogP contribution in [0.1, 0.15) is 79.6 Å². The first-order chi connectivity index (χ1) is 8.56. The van der Waals surface area contributed by atoms with Gasteiger partial charge in [-0.05, 0) is 61.2 Å². The molecule has 1 rings (SSSR count). The van der Waals surface area contributed by atoms with Gasteiger partial charge in [-0.25, -0.2) is 0 Å². The molecule has 108 valence electrons. The van der Waals surface area contributed by atoms with Gasteiger partial charge in [0.25, 0.3) is 0 Å². The van der Waals surface area contributed by atoms with Crippen LogP contribution < -0.4 is 0 Å². The third-order valence-corrected chi connectivity index (χ3v) is 6.63. The molecule has 0 spiro atoms. The van der Waals surface area contributed by atoms with E-state index in [-0.39, 0.29) is 0 Å². The molecular formula is C17H35P. The van der Waals surface area contributed by atoms with Crippen molar-refractivity contribution in [3.8, 4) is 0 Å². The highest BCUT2D eigenvalue weighted by molar-refractivity contribution is 7.38. The Morgan fingerprint density at radius 2 is 1.61 bits per heavy atom. The Morgan fingerprint density at radius 3 is 2.11 bits per heavy atom. The third kappa shape index (κ3) is 4.52. The summed E-state index contributed by atoms with van der Waals surface area (Å²) >= 11 is 0. The Balaban J connectivity index is 2.85. The molecule has 0 N–H and O–H groups in total. The van der Waals surface area contributed by atoms with Crippen molar-refractivity contribution in [3.05, 3.63) is 0 Å². The maximum atomic E-state index is 2.53. The van der Waals surface area contributed by atoms with E-state index < -0.39 is 0 Å². The average molecular weight is 270 g/mol. The van der Waals surface area contributed by atoms with Crippen molar-refractivity contribution < 1.29 is 0 Å². The van der Waals surface area contributed by atoms with E-state index in [0.717, 1.165) is 17.5 Å². The highest BCUT2D eigenvalue weighted by Crippen LogP contribution is 2.50. The van der Waals surface area contributed by atoms with Gasteiger partial charge < -0.3 is 0 Å². The molecule has 1 fully saturated rings. The molecular weight excluding hydrogens is 235 g/mol. The third-order valence-electron chi connectivity index (χ3n) is 4.92. The Labute approximate surface area is 117 Å². The molecule has 0 aliphatic heterocycles. The Kier molecular flexibility index (Phi) is 7.22. The lowest BCUT2D eigenvalue weighted by atomic mass is 9.71. The molecule has 1 heteroatoms. The summed E-state index contributed by atoms with van der Waals surface area (Å²) in [6.07, 6.45) is 11.6. The molecule has 0 aromatic heterocycles. The van der Waals surface area contributed by atoms with Crippen LogP contribution in [0.2, 0.25) is 0 Å². The van der Waals surface area contributed by atoms with Gasteiger partial charge in [-0.1, -0.05) is 47.5 Å². The minimum Gasteiger partial charge on any atom is -0.119 e. The minimum absolute atomic E-state index is 0.695. The van der Waals surface area contributed by atoms with E-state index in [9.17, 15) is 0 Å². The summed E-state index contributed by atoms with van der Waals surface area (Å²) in [4.78, 5) is 0. The normalized spacial score (nSPS) is 32.8. The molecule has 0 radical (unpaired) electrons. The van der Waals surface area contributed by atoms with E-state index in [1.807, 2.05) is 0 Å². The monoisotopic (exact) mass is 270 g/mol. The van der Waals surface area contributed by atoms with Crippen LogP contribution in [0.5, 0.6) is 0 Å². The fraction of sp³-hybridized carbons (Fsp3) is 1.00. The summed E-state index contributed by atoms with van der Waals surface area (Å²) in [7, 11) is 1.21. The molecule has 1 saturated carbocycles. The van der Waals surface area contributed by atoms with E-state index in [0.29, 0.717) is 5.41 Å². The lowest BCUT2D eigenvalue weighted by Gasteiger charge is -2.36. The Morgan fingerprint density at radius 1 is 1.00 bits per heavy atom. The molecule has 0 amide bonds. The second-order valence-electron chi connectivity index (χ2n) is 6.89. The van der Waals surface area contributed by atoms with Crippen molar-refractivity contribution in [2.75, 3.05) is 6.16 Å². The van der Waals surface area contributed by atoms with Gasteiger partial charge in [-0.15, -0.1) is 8.58 Å². The van der Waals surface area contributed by atoms with Crippen molar-refractivity contribution >= 4 is 8.58 Å². The molecule has 0 nitrogen and oxygen atoms in total. The lowest BCUT2D eigenvalue weighted by molar-refractivity contribution is 0.178. The van der Waals surface area contributed by atoms with Crippen molar-refractivity contribution in [1.82, 2.24) is 0 Å². The fourth-order valence-corrected chi connectivity index (χ4v) is 6.14. The number of rotatable bonds is 6. The van der Waals surface area contributed by atoms with Crippen LogP contribution >= 0.6 is 8.58 Å². The largest absolute Gasteiger partial charge is 0.119 e. The summed E-state index contributed by atoms with van der Waals surface area (Å²) in [5, 5.41) is 0. The molecule has 1 aliphatic carbocycles. The Bertz CT molecular complexity index is 218. The number of hydrogen-bond acceptors (Lipinski definition) is 0. The standard InChI is InChI=1S/C17H35P/c1-6-9-17(10-7-2)12-14(4)11-15(5)16(13-17)18-8-3/h14-16,18H,6-13H2,1-5H3. The summed E-state index contributed by atoms with van der Waals surface area (Å²) in [6.45, 7) is 12.2. The average Bonchev–Trinajstić information content (AvgIpc) is 2.38. The van der Waals surface area contributed by atoms with Crippen molar-refractivity contribution in [2.45, 2.75) is 85.2 Å². The van der Waals surface area contributed by atoms with Crippen LogP contribution in [-0.4, -0.2) is 11.8 Å². The molecule has 4 atom stereocenters. The lowest BCUT2D eigenvalue weighted by Crippen LogP contribution is -2.26. The second-order valence-corrected chi connectivity index (χ2v) is 8.75.